The number of carbonyl (C=O) groups is 1. The van der Waals surface area contributed by atoms with Crippen LogP contribution in [0.2, 0.25) is 0 Å². The number of rotatable bonds is 7. The summed E-state index contributed by atoms with van der Waals surface area (Å²) in [5.74, 6) is 0.612. The van der Waals surface area contributed by atoms with Gasteiger partial charge in [-0.3, -0.25) is 9.89 Å². The summed E-state index contributed by atoms with van der Waals surface area (Å²) in [6.07, 6.45) is 3.39. The number of aryl methyl sites for hydroxylation is 1. The lowest BCUT2D eigenvalue weighted by Crippen LogP contribution is -2.25. The molecule has 0 unspecified atom stereocenters. The van der Waals surface area contributed by atoms with Crippen molar-refractivity contribution in [3.05, 3.63) is 71.9 Å². The van der Waals surface area contributed by atoms with Gasteiger partial charge in [0, 0.05) is 12.1 Å². The smallest absolute Gasteiger partial charge is 0.255 e. The quantitative estimate of drug-likeness (QED) is 0.650. The van der Waals surface area contributed by atoms with Crippen LogP contribution in [0.3, 0.4) is 0 Å². The Hall–Kier alpha value is -3.08. The summed E-state index contributed by atoms with van der Waals surface area (Å²) in [5.41, 5.74) is 3.37. The first-order valence-corrected chi connectivity index (χ1v) is 8.28. The van der Waals surface area contributed by atoms with Crippen LogP contribution in [0.1, 0.15) is 22.3 Å². The molecule has 2 aromatic carbocycles. The topological polar surface area (TPSA) is 67.0 Å². The summed E-state index contributed by atoms with van der Waals surface area (Å²) in [4.78, 5) is 12.5. The molecule has 0 radical (unpaired) electrons. The highest BCUT2D eigenvalue weighted by Crippen LogP contribution is 2.24. The molecule has 0 saturated carbocycles. The van der Waals surface area contributed by atoms with Crippen LogP contribution in [0.15, 0.2) is 60.8 Å². The average Bonchev–Trinajstić information content (AvgIpc) is 3.16. The molecule has 0 bridgehead atoms. The standard InChI is InChI=1S/C20H21N3O2/c1-25-17-11-5-10-16(13-17)19-18(14-22-23-19)20(24)21-12-6-9-15-7-3-2-4-8-15/h2-5,7-8,10-11,13-14H,6,9,12H2,1H3,(H,21,24)(H,22,23). The Morgan fingerprint density at radius 2 is 2.00 bits per heavy atom. The van der Waals surface area contributed by atoms with Crippen LogP contribution in [0.25, 0.3) is 11.3 Å². The summed E-state index contributed by atoms with van der Waals surface area (Å²) in [6.45, 7) is 0.621. The Bertz CT molecular complexity index is 828. The maximum absolute atomic E-state index is 12.5. The molecular formula is C20H21N3O2. The number of H-pyrrole nitrogens is 1. The Labute approximate surface area is 147 Å². The zero-order valence-electron chi connectivity index (χ0n) is 14.2. The third-order valence-electron chi connectivity index (χ3n) is 4.01. The number of methoxy groups -OCH3 is 1. The van der Waals surface area contributed by atoms with Gasteiger partial charge >= 0.3 is 0 Å². The third kappa shape index (κ3) is 4.26. The van der Waals surface area contributed by atoms with Gasteiger partial charge in [-0.2, -0.15) is 5.10 Å². The molecule has 2 N–H and O–H groups in total. The van der Waals surface area contributed by atoms with E-state index < -0.39 is 0 Å². The SMILES string of the molecule is COc1cccc(-c2[nH]ncc2C(=O)NCCCc2ccccc2)c1. The van der Waals surface area contributed by atoms with Crippen molar-refractivity contribution < 1.29 is 9.53 Å². The molecule has 0 spiro atoms. The number of ether oxygens (including phenoxy) is 1. The maximum atomic E-state index is 12.5. The molecule has 0 aliphatic carbocycles. The molecule has 5 nitrogen and oxygen atoms in total. The molecular weight excluding hydrogens is 314 g/mol. The largest absolute Gasteiger partial charge is 0.497 e. The first-order valence-electron chi connectivity index (χ1n) is 8.28. The van der Waals surface area contributed by atoms with Gasteiger partial charge in [-0.05, 0) is 30.5 Å². The lowest BCUT2D eigenvalue weighted by Gasteiger charge is -2.07. The van der Waals surface area contributed by atoms with Crippen molar-refractivity contribution in [2.45, 2.75) is 12.8 Å². The van der Waals surface area contributed by atoms with Crippen molar-refractivity contribution in [3.63, 3.8) is 0 Å². The van der Waals surface area contributed by atoms with Crippen LogP contribution in [0, 0.1) is 0 Å². The first-order chi connectivity index (χ1) is 12.3. The van der Waals surface area contributed by atoms with Crippen LogP contribution in [0.4, 0.5) is 0 Å². The minimum Gasteiger partial charge on any atom is -0.497 e. The van der Waals surface area contributed by atoms with E-state index in [9.17, 15) is 4.79 Å². The molecule has 3 aromatic rings. The first kappa shape index (κ1) is 16.8. The highest BCUT2D eigenvalue weighted by Gasteiger charge is 2.15. The molecule has 1 heterocycles. The number of hydrogen-bond acceptors (Lipinski definition) is 3. The van der Waals surface area contributed by atoms with E-state index in [0.717, 1.165) is 24.2 Å². The molecule has 0 saturated heterocycles. The van der Waals surface area contributed by atoms with Gasteiger partial charge in [0.2, 0.25) is 0 Å². The Morgan fingerprint density at radius 1 is 1.16 bits per heavy atom. The fourth-order valence-corrected chi connectivity index (χ4v) is 2.69. The number of nitrogens with zero attached hydrogens (tertiary/aromatic N) is 1. The van der Waals surface area contributed by atoms with Gasteiger partial charge in [0.1, 0.15) is 5.75 Å². The highest BCUT2D eigenvalue weighted by molar-refractivity contribution is 5.99. The molecule has 0 atom stereocenters. The van der Waals surface area contributed by atoms with E-state index in [1.807, 2.05) is 42.5 Å². The zero-order valence-corrected chi connectivity index (χ0v) is 14.2. The normalized spacial score (nSPS) is 10.4. The van der Waals surface area contributed by atoms with Crippen LogP contribution < -0.4 is 10.1 Å². The molecule has 0 fully saturated rings. The second-order valence-electron chi connectivity index (χ2n) is 5.74. The summed E-state index contributed by atoms with van der Waals surface area (Å²) in [7, 11) is 1.62. The average molecular weight is 335 g/mol. The zero-order chi connectivity index (χ0) is 17.5. The Kier molecular flexibility index (Phi) is 5.46. The van der Waals surface area contributed by atoms with E-state index in [4.69, 9.17) is 4.74 Å². The minimum absolute atomic E-state index is 0.125. The van der Waals surface area contributed by atoms with Crippen LogP contribution in [-0.2, 0) is 6.42 Å². The van der Waals surface area contributed by atoms with Gasteiger partial charge in [0.15, 0.2) is 0 Å². The van der Waals surface area contributed by atoms with Gasteiger partial charge in [-0.1, -0.05) is 42.5 Å². The number of hydrogen-bond donors (Lipinski definition) is 2. The number of amides is 1. The monoisotopic (exact) mass is 335 g/mol. The minimum atomic E-state index is -0.125. The van der Waals surface area contributed by atoms with E-state index in [0.29, 0.717) is 17.8 Å². The number of aromatic amines is 1. The van der Waals surface area contributed by atoms with Crippen LogP contribution in [0.5, 0.6) is 5.75 Å². The summed E-state index contributed by atoms with van der Waals surface area (Å²) in [5, 5.41) is 9.89. The third-order valence-corrected chi connectivity index (χ3v) is 4.01. The molecule has 128 valence electrons. The van der Waals surface area contributed by atoms with E-state index in [1.165, 1.54) is 5.56 Å². The second-order valence-corrected chi connectivity index (χ2v) is 5.74. The van der Waals surface area contributed by atoms with Crippen molar-refractivity contribution in [1.82, 2.24) is 15.5 Å². The van der Waals surface area contributed by atoms with Crippen molar-refractivity contribution in [2.24, 2.45) is 0 Å². The van der Waals surface area contributed by atoms with Crippen LogP contribution >= 0.6 is 0 Å². The molecule has 3 rings (SSSR count). The summed E-state index contributed by atoms with van der Waals surface area (Å²) >= 11 is 0. The van der Waals surface area contributed by atoms with Gasteiger partial charge in [-0.15, -0.1) is 0 Å². The summed E-state index contributed by atoms with van der Waals surface area (Å²) in [6, 6.07) is 17.8. The second kappa shape index (κ2) is 8.15. The van der Waals surface area contributed by atoms with E-state index in [2.05, 4.69) is 27.6 Å². The summed E-state index contributed by atoms with van der Waals surface area (Å²) < 4.78 is 5.24. The van der Waals surface area contributed by atoms with Crippen molar-refractivity contribution in [3.8, 4) is 17.0 Å². The van der Waals surface area contributed by atoms with Gasteiger partial charge in [-0.25, -0.2) is 0 Å². The van der Waals surface area contributed by atoms with E-state index >= 15 is 0 Å². The molecule has 5 heteroatoms. The van der Waals surface area contributed by atoms with Gasteiger partial charge in [0.05, 0.1) is 24.6 Å². The van der Waals surface area contributed by atoms with Crippen molar-refractivity contribution >= 4 is 5.91 Å². The van der Waals surface area contributed by atoms with E-state index in [-0.39, 0.29) is 5.91 Å². The fraction of sp³-hybridized carbons (Fsp3) is 0.200. The lowest BCUT2D eigenvalue weighted by atomic mass is 10.1. The molecule has 1 aromatic heterocycles. The number of carbonyl (C=O) groups excluding carboxylic acids is 1. The van der Waals surface area contributed by atoms with E-state index in [1.54, 1.807) is 13.3 Å². The van der Waals surface area contributed by atoms with Crippen molar-refractivity contribution in [2.75, 3.05) is 13.7 Å². The maximum Gasteiger partial charge on any atom is 0.255 e. The lowest BCUT2D eigenvalue weighted by molar-refractivity contribution is 0.0954. The van der Waals surface area contributed by atoms with Gasteiger partial charge in [0.25, 0.3) is 5.91 Å². The Balaban J connectivity index is 1.60. The fourth-order valence-electron chi connectivity index (χ4n) is 2.69. The predicted molar refractivity (Wildman–Crippen MR) is 97.7 cm³/mol. The highest BCUT2D eigenvalue weighted by atomic mass is 16.5. The number of nitrogens with one attached hydrogen (secondary N) is 2. The van der Waals surface area contributed by atoms with Crippen molar-refractivity contribution in [1.29, 1.82) is 0 Å². The predicted octanol–water partition coefficient (Wildman–Crippen LogP) is 3.45. The number of aromatic nitrogens is 2. The molecule has 0 aliphatic heterocycles. The van der Waals surface area contributed by atoms with Crippen LogP contribution in [-0.4, -0.2) is 29.8 Å². The number of benzene rings is 2. The molecule has 0 aliphatic rings. The Morgan fingerprint density at radius 3 is 2.80 bits per heavy atom. The molecule has 1 amide bonds. The molecule has 25 heavy (non-hydrogen) atoms. The van der Waals surface area contributed by atoms with Gasteiger partial charge < -0.3 is 10.1 Å².